The SMILES string of the molecule is COc1cccc(OC)c1C(=O)Cc1cc(-c2cccs2)ccc1OC(C)(C)C(=O)O.COc1cccc(OC)c1C(=O)Cc1cc(-c2cccs2)ccc1OC(C)(C)C(=O)O. The average Bonchev–Trinajstić information content (AvgIpc) is 4.00. The summed E-state index contributed by atoms with van der Waals surface area (Å²) in [6, 6.07) is 29.0. The number of carboxylic acid groups (broad SMARTS) is 2. The minimum Gasteiger partial charge on any atom is -0.496 e. The largest absolute Gasteiger partial charge is 0.496 e. The third kappa shape index (κ3) is 11.0. The van der Waals surface area contributed by atoms with Crippen LogP contribution in [0.25, 0.3) is 20.9 Å². The van der Waals surface area contributed by atoms with Gasteiger partial charge in [0.25, 0.3) is 0 Å². The highest BCUT2D eigenvalue weighted by Gasteiger charge is 2.32. The third-order valence-corrected chi connectivity index (χ3v) is 11.4. The number of carbonyl (C=O) groups is 4. The lowest BCUT2D eigenvalue weighted by Gasteiger charge is -2.24. The summed E-state index contributed by atoms with van der Waals surface area (Å²) in [6.07, 6.45) is -0.0258. The first-order chi connectivity index (χ1) is 29.5. The summed E-state index contributed by atoms with van der Waals surface area (Å²) < 4.78 is 33.1. The van der Waals surface area contributed by atoms with Crippen molar-refractivity contribution in [3.05, 3.63) is 130 Å². The van der Waals surface area contributed by atoms with Crippen molar-refractivity contribution in [2.75, 3.05) is 28.4 Å². The van der Waals surface area contributed by atoms with Gasteiger partial charge >= 0.3 is 11.9 Å². The molecule has 0 radical (unpaired) electrons. The fraction of sp³-hybridized carbons (Fsp3) is 0.250. The van der Waals surface area contributed by atoms with E-state index in [1.54, 1.807) is 71.2 Å². The number of aliphatic carboxylic acids is 2. The number of Topliss-reactive ketones (excluding diaryl/α,β-unsaturated/α-hetero) is 2. The first-order valence-corrected chi connectivity index (χ1v) is 21.0. The van der Waals surface area contributed by atoms with E-state index in [2.05, 4.69) is 0 Å². The molecule has 0 amide bonds. The fourth-order valence-electron chi connectivity index (χ4n) is 6.24. The lowest BCUT2D eigenvalue weighted by atomic mass is 9.98. The van der Waals surface area contributed by atoms with Crippen LogP contribution in [0.3, 0.4) is 0 Å². The maximum atomic E-state index is 13.3. The zero-order valence-corrected chi connectivity index (χ0v) is 37.2. The van der Waals surface area contributed by atoms with E-state index in [0.29, 0.717) is 56.8 Å². The van der Waals surface area contributed by atoms with Crippen molar-refractivity contribution in [2.24, 2.45) is 0 Å². The second-order valence-electron chi connectivity index (χ2n) is 14.7. The van der Waals surface area contributed by atoms with Crippen LogP contribution in [-0.4, -0.2) is 73.4 Å². The molecule has 6 aromatic rings. The van der Waals surface area contributed by atoms with Crippen LogP contribution in [-0.2, 0) is 22.4 Å². The molecule has 324 valence electrons. The van der Waals surface area contributed by atoms with Gasteiger partial charge in [-0.2, -0.15) is 0 Å². The molecule has 0 unspecified atom stereocenters. The Balaban J connectivity index is 0.000000234. The van der Waals surface area contributed by atoms with E-state index in [9.17, 15) is 29.4 Å². The summed E-state index contributed by atoms with van der Waals surface area (Å²) in [5.41, 5.74) is 0.760. The molecule has 0 saturated heterocycles. The van der Waals surface area contributed by atoms with Crippen LogP contribution in [0, 0.1) is 0 Å². The number of hydrogen-bond acceptors (Lipinski definition) is 12. The number of rotatable bonds is 18. The van der Waals surface area contributed by atoms with Crippen LogP contribution in [0.15, 0.2) is 108 Å². The maximum absolute atomic E-state index is 13.3. The Labute approximate surface area is 368 Å². The van der Waals surface area contributed by atoms with E-state index in [1.807, 2.05) is 59.3 Å². The lowest BCUT2D eigenvalue weighted by molar-refractivity contribution is -0.152. The first-order valence-electron chi connectivity index (χ1n) is 19.2. The minimum atomic E-state index is -1.45. The van der Waals surface area contributed by atoms with E-state index in [-0.39, 0.29) is 24.4 Å². The number of methoxy groups -OCH3 is 4. The topological polar surface area (TPSA) is 164 Å². The molecule has 0 bridgehead atoms. The summed E-state index contributed by atoms with van der Waals surface area (Å²) in [5.74, 6) is -0.327. The smallest absolute Gasteiger partial charge is 0.347 e. The number of benzene rings is 4. The Hall–Kier alpha value is -6.64. The van der Waals surface area contributed by atoms with Crippen LogP contribution in [0.1, 0.15) is 59.5 Å². The number of ketones is 2. The van der Waals surface area contributed by atoms with E-state index in [4.69, 9.17) is 28.4 Å². The zero-order chi connectivity index (χ0) is 45.2. The second kappa shape index (κ2) is 20.3. The quantitative estimate of drug-likeness (QED) is 0.0787. The van der Waals surface area contributed by atoms with Crippen LogP contribution < -0.4 is 28.4 Å². The summed E-state index contributed by atoms with van der Waals surface area (Å²) in [4.78, 5) is 51.8. The van der Waals surface area contributed by atoms with Gasteiger partial charge in [-0.05, 0) is 122 Å². The third-order valence-electron chi connectivity index (χ3n) is 9.61. The van der Waals surface area contributed by atoms with Crippen LogP contribution in [0.5, 0.6) is 34.5 Å². The van der Waals surface area contributed by atoms with E-state index >= 15 is 0 Å². The predicted molar refractivity (Wildman–Crippen MR) is 239 cm³/mol. The Bertz CT molecular complexity index is 2300. The molecule has 2 heterocycles. The van der Waals surface area contributed by atoms with Gasteiger partial charge in [-0.3, -0.25) is 9.59 Å². The molecular formula is C48H48O12S2. The fourth-order valence-corrected chi connectivity index (χ4v) is 7.69. The lowest BCUT2D eigenvalue weighted by Crippen LogP contribution is -2.38. The zero-order valence-electron chi connectivity index (χ0n) is 35.6. The number of ether oxygens (including phenoxy) is 6. The normalized spacial score (nSPS) is 11.1. The summed E-state index contributed by atoms with van der Waals surface area (Å²) >= 11 is 3.15. The summed E-state index contributed by atoms with van der Waals surface area (Å²) in [7, 11) is 5.97. The molecule has 0 fully saturated rings. The van der Waals surface area contributed by atoms with Gasteiger partial charge in [0.05, 0.1) is 28.4 Å². The van der Waals surface area contributed by atoms with Gasteiger partial charge < -0.3 is 38.6 Å². The van der Waals surface area contributed by atoms with E-state index in [0.717, 1.165) is 20.9 Å². The van der Waals surface area contributed by atoms with E-state index in [1.165, 1.54) is 56.1 Å². The van der Waals surface area contributed by atoms with Crippen molar-refractivity contribution in [3.8, 4) is 55.4 Å². The van der Waals surface area contributed by atoms with Crippen molar-refractivity contribution in [3.63, 3.8) is 0 Å². The van der Waals surface area contributed by atoms with Crippen molar-refractivity contribution < 1.29 is 57.8 Å². The van der Waals surface area contributed by atoms with Crippen molar-refractivity contribution >= 4 is 46.2 Å². The van der Waals surface area contributed by atoms with Gasteiger partial charge in [-0.15, -0.1) is 22.7 Å². The Kier molecular flexibility index (Phi) is 15.2. The number of thiophene rings is 2. The summed E-state index contributed by atoms with van der Waals surface area (Å²) in [6.45, 7) is 5.88. The highest BCUT2D eigenvalue weighted by molar-refractivity contribution is 7.13. The maximum Gasteiger partial charge on any atom is 0.347 e. The number of carbonyl (C=O) groups excluding carboxylic acids is 2. The van der Waals surface area contributed by atoms with Crippen molar-refractivity contribution in [2.45, 2.75) is 51.7 Å². The van der Waals surface area contributed by atoms with Crippen LogP contribution >= 0.6 is 22.7 Å². The highest BCUT2D eigenvalue weighted by atomic mass is 32.1. The van der Waals surface area contributed by atoms with Gasteiger partial charge in [0, 0.05) is 33.7 Å². The molecule has 4 aromatic carbocycles. The van der Waals surface area contributed by atoms with Crippen molar-refractivity contribution in [1.82, 2.24) is 0 Å². The monoisotopic (exact) mass is 880 g/mol. The van der Waals surface area contributed by atoms with Crippen LogP contribution in [0.4, 0.5) is 0 Å². The molecule has 0 aliphatic rings. The standard InChI is InChI=1S/2C24H24O6S/c2*1-24(2,23(26)27)30-18-11-10-15(21-9-6-12-31-21)13-16(18)14-17(25)22-19(28-3)7-5-8-20(22)29-4/h2*5-13H,14H2,1-4H3,(H,26,27). The van der Waals surface area contributed by atoms with Gasteiger partial charge in [-0.1, -0.05) is 24.3 Å². The molecule has 0 aliphatic heterocycles. The summed E-state index contributed by atoms with van der Waals surface area (Å²) in [5, 5.41) is 22.9. The highest BCUT2D eigenvalue weighted by Crippen LogP contribution is 2.37. The Morgan fingerprint density at radius 1 is 0.484 bits per heavy atom. The second-order valence-corrected chi connectivity index (χ2v) is 16.6. The van der Waals surface area contributed by atoms with Gasteiger partial charge in [0.1, 0.15) is 45.6 Å². The molecule has 12 nitrogen and oxygen atoms in total. The van der Waals surface area contributed by atoms with Gasteiger partial charge in [-0.25, -0.2) is 9.59 Å². The molecule has 2 aromatic heterocycles. The number of carboxylic acids is 2. The molecule has 6 rings (SSSR count). The number of hydrogen-bond donors (Lipinski definition) is 2. The molecule has 14 heteroatoms. The van der Waals surface area contributed by atoms with Crippen molar-refractivity contribution in [1.29, 1.82) is 0 Å². The predicted octanol–water partition coefficient (Wildman–Crippen LogP) is 10.2. The molecule has 62 heavy (non-hydrogen) atoms. The Morgan fingerprint density at radius 2 is 0.823 bits per heavy atom. The molecule has 2 N–H and O–H groups in total. The van der Waals surface area contributed by atoms with E-state index < -0.39 is 23.1 Å². The first kappa shape index (κ1) is 46.4. The van der Waals surface area contributed by atoms with Gasteiger partial charge in [0.2, 0.25) is 0 Å². The Morgan fingerprint density at radius 3 is 1.10 bits per heavy atom. The molecular weight excluding hydrogens is 833 g/mol. The average molecular weight is 881 g/mol. The van der Waals surface area contributed by atoms with Gasteiger partial charge in [0.15, 0.2) is 22.8 Å². The molecule has 0 atom stereocenters. The molecule has 0 spiro atoms. The van der Waals surface area contributed by atoms with Crippen LogP contribution in [0.2, 0.25) is 0 Å². The molecule has 0 saturated carbocycles. The minimum absolute atomic E-state index is 0.0129. The molecule has 0 aliphatic carbocycles.